The molecular formula is C20H17F3N2O3. The number of fused-ring (bicyclic) bond motifs is 1. The van der Waals surface area contributed by atoms with Crippen LogP contribution in [-0.2, 0) is 17.5 Å². The normalized spacial score (nSPS) is 16.0. The highest BCUT2D eigenvalue weighted by Gasteiger charge is 2.34. The van der Waals surface area contributed by atoms with E-state index in [1.165, 1.54) is 12.1 Å². The molecule has 1 N–H and O–H groups in total. The number of nitrogens with zero attached hydrogens (tertiary/aromatic N) is 1. The van der Waals surface area contributed by atoms with E-state index in [1.54, 1.807) is 23.1 Å². The Balaban J connectivity index is 1.53. The molecule has 5 nitrogen and oxygen atoms in total. The van der Waals surface area contributed by atoms with Gasteiger partial charge in [-0.3, -0.25) is 9.59 Å². The van der Waals surface area contributed by atoms with Gasteiger partial charge in [0.1, 0.15) is 5.75 Å². The third-order valence-corrected chi connectivity index (χ3v) is 4.74. The van der Waals surface area contributed by atoms with E-state index in [4.69, 9.17) is 4.74 Å². The van der Waals surface area contributed by atoms with E-state index in [-0.39, 0.29) is 31.0 Å². The summed E-state index contributed by atoms with van der Waals surface area (Å²) in [4.78, 5) is 26.0. The van der Waals surface area contributed by atoms with Crippen LogP contribution in [0.4, 0.5) is 18.9 Å². The van der Waals surface area contributed by atoms with Crippen molar-refractivity contribution in [3.8, 4) is 5.75 Å². The molecule has 2 aromatic carbocycles. The van der Waals surface area contributed by atoms with Crippen LogP contribution in [-0.4, -0.2) is 29.4 Å². The molecule has 28 heavy (non-hydrogen) atoms. The SMILES string of the molecule is O=C1COc2cc(C(=O)N(Cc3ccc(C(F)(F)F)cc3)C3CC3)ccc2N1. The van der Waals surface area contributed by atoms with E-state index in [9.17, 15) is 22.8 Å². The fourth-order valence-corrected chi connectivity index (χ4v) is 3.12. The molecule has 4 rings (SSSR count). The summed E-state index contributed by atoms with van der Waals surface area (Å²) in [5.74, 6) is -0.0464. The molecular weight excluding hydrogens is 373 g/mol. The minimum atomic E-state index is -4.39. The predicted molar refractivity (Wildman–Crippen MR) is 94.9 cm³/mol. The number of nitrogens with one attached hydrogen (secondary N) is 1. The Morgan fingerprint density at radius 2 is 1.86 bits per heavy atom. The van der Waals surface area contributed by atoms with Crippen molar-refractivity contribution >= 4 is 17.5 Å². The second-order valence-electron chi connectivity index (χ2n) is 6.91. The lowest BCUT2D eigenvalue weighted by Gasteiger charge is -2.24. The molecule has 1 saturated carbocycles. The largest absolute Gasteiger partial charge is 0.482 e. The van der Waals surface area contributed by atoms with Crippen LogP contribution in [0.25, 0.3) is 0 Å². The predicted octanol–water partition coefficient (Wildman–Crippen LogP) is 3.84. The number of rotatable bonds is 4. The number of benzene rings is 2. The smallest absolute Gasteiger partial charge is 0.416 e. The second-order valence-corrected chi connectivity index (χ2v) is 6.91. The third-order valence-electron chi connectivity index (χ3n) is 4.74. The quantitative estimate of drug-likeness (QED) is 0.863. The zero-order valence-corrected chi connectivity index (χ0v) is 14.8. The van der Waals surface area contributed by atoms with Crippen molar-refractivity contribution in [3.05, 3.63) is 59.2 Å². The van der Waals surface area contributed by atoms with Crippen molar-refractivity contribution in [2.75, 3.05) is 11.9 Å². The Morgan fingerprint density at radius 3 is 2.50 bits per heavy atom. The maximum atomic E-state index is 13.0. The van der Waals surface area contributed by atoms with E-state index >= 15 is 0 Å². The minimum Gasteiger partial charge on any atom is -0.482 e. The summed E-state index contributed by atoms with van der Waals surface area (Å²) in [7, 11) is 0. The molecule has 146 valence electrons. The van der Waals surface area contributed by atoms with Crippen LogP contribution in [0.1, 0.15) is 34.3 Å². The molecule has 1 aliphatic heterocycles. The number of ether oxygens (including phenoxy) is 1. The molecule has 8 heteroatoms. The maximum Gasteiger partial charge on any atom is 0.416 e. The molecule has 0 radical (unpaired) electrons. The molecule has 0 saturated heterocycles. The van der Waals surface area contributed by atoms with Crippen LogP contribution in [0, 0.1) is 0 Å². The zero-order valence-electron chi connectivity index (χ0n) is 14.8. The van der Waals surface area contributed by atoms with Crippen molar-refractivity contribution in [2.45, 2.75) is 31.6 Å². The van der Waals surface area contributed by atoms with Crippen molar-refractivity contribution in [2.24, 2.45) is 0 Å². The molecule has 2 aromatic rings. The summed E-state index contributed by atoms with van der Waals surface area (Å²) in [6.07, 6.45) is -2.66. The number of amides is 2. The van der Waals surface area contributed by atoms with Crippen molar-refractivity contribution < 1.29 is 27.5 Å². The average molecular weight is 390 g/mol. The van der Waals surface area contributed by atoms with Crippen LogP contribution < -0.4 is 10.1 Å². The van der Waals surface area contributed by atoms with E-state index in [1.807, 2.05) is 0 Å². The van der Waals surface area contributed by atoms with Gasteiger partial charge in [0.05, 0.1) is 11.3 Å². The summed E-state index contributed by atoms with van der Waals surface area (Å²) < 4.78 is 43.5. The Kier molecular flexibility index (Phi) is 4.49. The number of anilines is 1. The summed E-state index contributed by atoms with van der Waals surface area (Å²) in [5, 5.41) is 2.67. The first-order valence-electron chi connectivity index (χ1n) is 8.85. The molecule has 0 aromatic heterocycles. The topological polar surface area (TPSA) is 58.6 Å². The van der Waals surface area contributed by atoms with Gasteiger partial charge in [-0.05, 0) is 48.7 Å². The third kappa shape index (κ3) is 3.81. The highest BCUT2D eigenvalue weighted by molar-refractivity contribution is 5.99. The molecule has 2 aliphatic rings. The van der Waals surface area contributed by atoms with Gasteiger partial charge in [-0.15, -0.1) is 0 Å². The van der Waals surface area contributed by atoms with Gasteiger partial charge < -0.3 is 15.0 Å². The molecule has 2 amide bonds. The monoisotopic (exact) mass is 390 g/mol. The summed E-state index contributed by atoms with van der Waals surface area (Å²) in [6.45, 7) is 0.124. The Bertz CT molecular complexity index is 921. The fraction of sp³-hybridized carbons (Fsp3) is 0.300. The zero-order chi connectivity index (χ0) is 19.9. The Labute approximate surface area is 159 Å². The summed E-state index contributed by atoms with van der Waals surface area (Å²) in [5.41, 5.74) is 0.839. The number of halogens is 3. The first-order valence-corrected chi connectivity index (χ1v) is 8.85. The standard InChI is InChI=1S/C20H17F3N2O3/c21-20(22,23)14-4-1-12(2-5-14)10-25(15-6-7-15)19(27)13-3-8-16-17(9-13)28-11-18(26)24-16/h1-5,8-9,15H,6-7,10-11H2,(H,24,26). The van der Waals surface area contributed by atoms with E-state index < -0.39 is 11.7 Å². The van der Waals surface area contributed by atoms with Crippen LogP contribution >= 0.6 is 0 Å². The van der Waals surface area contributed by atoms with Gasteiger partial charge in [0.15, 0.2) is 6.61 Å². The Hall–Kier alpha value is -3.03. The van der Waals surface area contributed by atoms with Crippen LogP contribution in [0.5, 0.6) is 5.75 Å². The second kappa shape index (κ2) is 6.85. The number of alkyl halides is 3. The van der Waals surface area contributed by atoms with Crippen molar-refractivity contribution in [1.82, 2.24) is 4.90 Å². The first kappa shape index (κ1) is 18.3. The summed E-state index contributed by atoms with van der Waals surface area (Å²) in [6, 6.07) is 9.74. The summed E-state index contributed by atoms with van der Waals surface area (Å²) >= 11 is 0. The molecule has 1 heterocycles. The number of hydrogen-bond acceptors (Lipinski definition) is 3. The average Bonchev–Trinajstić information content (AvgIpc) is 3.50. The van der Waals surface area contributed by atoms with E-state index in [0.29, 0.717) is 22.6 Å². The molecule has 1 aliphatic carbocycles. The number of carbonyl (C=O) groups excluding carboxylic acids is 2. The van der Waals surface area contributed by atoms with Gasteiger partial charge in [0, 0.05) is 18.2 Å². The lowest BCUT2D eigenvalue weighted by Crippen LogP contribution is -2.33. The molecule has 1 fully saturated rings. The lowest BCUT2D eigenvalue weighted by atomic mass is 10.1. The van der Waals surface area contributed by atoms with Gasteiger partial charge in [0.25, 0.3) is 11.8 Å². The van der Waals surface area contributed by atoms with E-state index in [0.717, 1.165) is 25.0 Å². The molecule has 0 bridgehead atoms. The van der Waals surface area contributed by atoms with Crippen LogP contribution in [0.15, 0.2) is 42.5 Å². The van der Waals surface area contributed by atoms with Gasteiger partial charge in [0.2, 0.25) is 0 Å². The van der Waals surface area contributed by atoms with Gasteiger partial charge in [-0.1, -0.05) is 12.1 Å². The first-order chi connectivity index (χ1) is 13.3. The van der Waals surface area contributed by atoms with Crippen LogP contribution in [0.2, 0.25) is 0 Å². The Morgan fingerprint density at radius 1 is 1.14 bits per heavy atom. The number of carbonyl (C=O) groups is 2. The molecule has 0 atom stereocenters. The van der Waals surface area contributed by atoms with Gasteiger partial charge >= 0.3 is 6.18 Å². The van der Waals surface area contributed by atoms with Gasteiger partial charge in [-0.25, -0.2) is 0 Å². The maximum absolute atomic E-state index is 13.0. The minimum absolute atomic E-state index is 0.0754. The van der Waals surface area contributed by atoms with Crippen molar-refractivity contribution in [1.29, 1.82) is 0 Å². The molecule has 0 spiro atoms. The van der Waals surface area contributed by atoms with Gasteiger partial charge in [-0.2, -0.15) is 13.2 Å². The fourth-order valence-electron chi connectivity index (χ4n) is 3.12. The van der Waals surface area contributed by atoms with E-state index in [2.05, 4.69) is 5.32 Å². The molecule has 0 unspecified atom stereocenters. The highest BCUT2D eigenvalue weighted by Crippen LogP contribution is 2.34. The van der Waals surface area contributed by atoms with Crippen LogP contribution in [0.3, 0.4) is 0 Å². The lowest BCUT2D eigenvalue weighted by molar-refractivity contribution is -0.137. The van der Waals surface area contributed by atoms with Crippen molar-refractivity contribution in [3.63, 3.8) is 0 Å². The highest BCUT2D eigenvalue weighted by atomic mass is 19.4. The number of hydrogen-bond donors (Lipinski definition) is 1.